The number of amides is 1. The van der Waals surface area contributed by atoms with Crippen LogP contribution in [0, 0.1) is 6.92 Å². The van der Waals surface area contributed by atoms with Crippen molar-refractivity contribution in [2.24, 2.45) is 0 Å². The molecule has 4 aromatic rings. The molecule has 38 heavy (non-hydrogen) atoms. The van der Waals surface area contributed by atoms with Crippen LogP contribution in [0.5, 0.6) is 0 Å². The molecule has 0 bridgehead atoms. The van der Waals surface area contributed by atoms with Gasteiger partial charge in [-0.15, -0.1) is 0 Å². The van der Waals surface area contributed by atoms with Crippen LogP contribution in [0.3, 0.4) is 0 Å². The molecule has 0 saturated heterocycles. The van der Waals surface area contributed by atoms with E-state index in [0.29, 0.717) is 34.8 Å². The van der Waals surface area contributed by atoms with Gasteiger partial charge in [0.05, 0.1) is 17.1 Å². The molecule has 0 aliphatic carbocycles. The molecule has 0 radical (unpaired) electrons. The molecule has 192 valence electrons. The summed E-state index contributed by atoms with van der Waals surface area (Å²) in [6.45, 7) is 2.52. The maximum atomic E-state index is 14.5. The number of nitrogens with zero attached hydrogens (tertiary/aromatic N) is 3. The normalized spacial score (nSPS) is 17.3. The number of sulfonamides is 1. The van der Waals surface area contributed by atoms with Crippen molar-refractivity contribution in [2.75, 3.05) is 10.8 Å². The molecule has 6 rings (SSSR count). The third kappa shape index (κ3) is 4.07. The van der Waals surface area contributed by atoms with Crippen LogP contribution < -0.4 is 4.31 Å². The Bertz CT molecular complexity index is 1620. The van der Waals surface area contributed by atoms with Gasteiger partial charge < -0.3 is 0 Å². The van der Waals surface area contributed by atoms with Crippen LogP contribution in [0.15, 0.2) is 102 Å². The van der Waals surface area contributed by atoms with E-state index in [1.165, 1.54) is 4.31 Å². The number of rotatable bonds is 3. The highest BCUT2D eigenvalue weighted by molar-refractivity contribution is 7.92. The van der Waals surface area contributed by atoms with Crippen LogP contribution in [0.2, 0.25) is 5.02 Å². The second kappa shape index (κ2) is 9.58. The Labute approximate surface area is 227 Å². The minimum atomic E-state index is -4.06. The Balaban J connectivity index is 1.62. The van der Waals surface area contributed by atoms with Crippen LogP contribution in [0.1, 0.15) is 38.8 Å². The van der Waals surface area contributed by atoms with Gasteiger partial charge in [-0.3, -0.25) is 9.80 Å². The van der Waals surface area contributed by atoms with Gasteiger partial charge in [-0.05, 0) is 60.9 Å². The maximum Gasteiger partial charge on any atom is 0.268 e. The Morgan fingerprint density at radius 3 is 2.34 bits per heavy atom. The zero-order valence-corrected chi connectivity index (χ0v) is 22.4. The smallest absolute Gasteiger partial charge is 0.268 e. The number of halogens is 1. The van der Waals surface area contributed by atoms with E-state index in [0.717, 1.165) is 16.7 Å². The summed E-state index contributed by atoms with van der Waals surface area (Å²) in [7, 11) is -4.06. The number of carbonyl (C=O) groups is 1. The molecule has 2 aliphatic rings. The fourth-order valence-corrected chi connectivity index (χ4v) is 7.17. The van der Waals surface area contributed by atoms with Gasteiger partial charge in [0.15, 0.2) is 0 Å². The topological polar surface area (TPSA) is 60.9 Å². The van der Waals surface area contributed by atoms with Gasteiger partial charge in [-0.25, -0.2) is 12.7 Å². The summed E-state index contributed by atoms with van der Waals surface area (Å²) in [5.74, 6) is -0.213. The van der Waals surface area contributed by atoms with Gasteiger partial charge in [0.1, 0.15) is 6.17 Å². The second-order valence-corrected chi connectivity index (χ2v) is 11.8. The maximum absolute atomic E-state index is 14.5. The minimum absolute atomic E-state index is 0.140. The first kappa shape index (κ1) is 24.7. The molecule has 0 N–H and O–H groups in total. The van der Waals surface area contributed by atoms with Gasteiger partial charge >= 0.3 is 0 Å². The highest BCUT2D eigenvalue weighted by atomic mass is 35.5. The summed E-state index contributed by atoms with van der Waals surface area (Å²) in [4.78, 5) is 14.2. The lowest BCUT2D eigenvalue weighted by Crippen LogP contribution is -2.54. The molecule has 1 atom stereocenters. The molecule has 4 aromatic carbocycles. The Hall–Kier alpha value is -3.65. The summed E-state index contributed by atoms with van der Waals surface area (Å²) >= 11 is 6.73. The fourth-order valence-electron chi connectivity index (χ4n) is 5.32. The molecular weight excluding hydrogens is 518 g/mol. The van der Waals surface area contributed by atoms with Gasteiger partial charge in [0, 0.05) is 22.7 Å². The van der Waals surface area contributed by atoms with Crippen molar-refractivity contribution in [2.45, 2.75) is 31.0 Å². The Morgan fingerprint density at radius 1 is 0.868 bits per heavy atom. The third-order valence-corrected chi connectivity index (χ3v) is 9.37. The predicted molar refractivity (Wildman–Crippen MR) is 148 cm³/mol. The number of fused-ring (bicyclic) bond motifs is 4. The summed E-state index contributed by atoms with van der Waals surface area (Å²) < 4.78 is 30.4. The molecule has 6 nitrogen and oxygen atoms in total. The van der Waals surface area contributed by atoms with Gasteiger partial charge in [-0.2, -0.15) is 5.01 Å². The van der Waals surface area contributed by atoms with E-state index in [2.05, 4.69) is 0 Å². The number of hydrazine groups is 1. The highest BCUT2D eigenvalue weighted by Gasteiger charge is 2.46. The van der Waals surface area contributed by atoms with Crippen molar-refractivity contribution in [1.82, 2.24) is 10.0 Å². The van der Waals surface area contributed by atoms with Crippen molar-refractivity contribution in [3.05, 3.63) is 130 Å². The first-order chi connectivity index (χ1) is 18.4. The minimum Gasteiger partial charge on any atom is -0.268 e. The predicted octanol–water partition coefficient (Wildman–Crippen LogP) is 5.97. The van der Waals surface area contributed by atoms with E-state index in [-0.39, 0.29) is 17.3 Å². The molecule has 8 heteroatoms. The molecule has 1 amide bonds. The second-order valence-electron chi connectivity index (χ2n) is 9.57. The number of anilines is 1. The largest absolute Gasteiger partial charge is 0.268 e. The van der Waals surface area contributed by atoms with Crippen molar-refractivity contribution < 1.29 is 13.2 Å². The lowest BCUT2D eigenvalue weighted by Gasteiger charge is -2.45. The zero-order chi connectivity index (χ0) is 26.4. The van der Waals surface area contributed by atoms with Gasteiger partial charge in [0.25, 0.3) is 15.9 Å². The van der Waals surface area contributed by atoms with Crippen molar-refractivity contribution >= 4 is 33.2 Å². The average molecular weight is 544 g/mol. The zero-order valence-electron chi connectivity index (χ0n) is 20.8. The summed E-state index contributed by atoms with van der Waals surface area (Å²) in [6.07, 6.45) is -0.105. The molecule has 0 saturated carbocycles. The quantitative estimate of drug-likeness (QED) is 0.319. The van der Waals surface area contributed by atoms with E-state index >= 15 is 0 Å². The third-order valence-electron chi connectivity index (χ3n) is 7.23. The standard InChI is InChI=1S/C30H26ClN3O3S/c1-21-14-16-24(17-15-21)38(36,37)34-28-13-7-12-27(31)26(28)20-33(30(35)23-9-3-2-4-10-23)32-19-18-22-8-5-6-11-25(22)29(32)34/h2-17,29H,18-20H2,1H3. The molecule has 0 spiro atoms. The van der Waals surface area contributed by atoms with E-state index in [1.807, 2.05) is 54.4 Å². The molecule has 1 unspecified atom stereocenters. The summed E-state index contributed by atoms with van der Waals surface area (Å²) in [5.41, 5.74) is 4.43. The Morgan fingerprint density at radius 2 is 1.58 bits per heavy atom. The number of hydrogen-bond acceptors (Lipinski definition) is 4. The number of aryl methyl sites for hydroxylation is 1. The van der Waals surface area contributed by atoms with Crippen molar-refractivity contribution in [3.8, 4) is 0 Å². The number of benzene rings is 4. The van der Waals surface area contributed by atoms with Crippen LogP contribution in [-0.2, 0) is 23.0 Å². The summed E-state index contributed by atoms with van der Waals surface area (Å²) in [6, 6.07) is 29.0. The number of hydrogen-bond donors (Lipinski definition) is 0. The van der Waals surface area contributed by atoms with E-state index in [1.54, 1.807) is 59.6 Å². The molecular formula is C30H26ClN3O3S. The van der Waals surface area contributed by atoms with E-state index in [9.17, 15) is 13.2 Å². The molecule has 2 aliphatic heterocycles. The van der Waals surface area contributed by atoms with Gasteiger partial charge in [0.2, 0.25) is 0 Å². The van der Waals surface area contributed by atoms with Crippen LogP contribution in [0.25, 0.3) is 0 Å². The average Bonchev–Trinajstić information content (AvgIpc) is 3.09. The SMILES string of the molecule is Cc1ccc(S(=O)(=O)N2c3cccc(Cl)c3CN(C(=O)c3ccccc3)N3CCc4ccccc4C32)cc1. The Kier molecular flexibility index (Phi) is 6.22. The van der Waals surface area contributed by atoms with Crippen LogP contribution >= 0.6 is 11.6 Å². The fraction of sp³-hybridized carbons (Fsp3) is 0.167. The first-order valence-corrected chi connectivity index (χ1v) is 14.3. The van der Waals surface area contributed by atoms with Crippen molar-refractivity contribution in [3.63, 3.8) is 0 Å². The van der Waals surface area contributed by atoms with Crippen molar-refractivity contribution in [1.29, 1.82) is 0 Å². The van der Waals surface area contributed by atoms with Crippen LogP contribution in [0.4, 0.5) is 5.69 Å². The van der Waals surface area contributed by atoms with Crippen LogP contribution in [-0.4, -0.2) is 30.9 Å². The van der Waals surface area contributed by atoms with E-state index < -0.39 is 16.2 Å². The van der Waals surface area contributed by atoms with Gasteiger partial charge in [-0.1, -0.05) is 77.8 Å². The lowest BCUT2D eigenvalue weighted by molar-refractivity contribution is -0.0434. The molecule has 0 aromatic heterocycles. The monoisotopic (exact) mass is 543 g/mol. The molecule has 0 fully saturated rings. The first-order valence-electron chi connectivity index (χ1n) is 12.5. The highest BCUT2D eigenvalue weighted by Crippen LogP contribution is 2.46. The summed E-state index contributed by atoms with van der Waals surface area (Å²) in [5, 5.41) is 3.95. The number of carbonyl (C=O) groups excluding carboxylic acids is 1. The molecule has 2 heterocycles. The van der Waals surface area contributed by atoms with E-state index in [4.69, 9.17) is 11.6 Å². The lowest BCUT2D eigenvalue weighted by atomic mass is 9.97.